The average Bonchev–Trinajstić information content (AvgIpc) is 2.43. The SMILES string of the molecule is COCCOCc1cccc(NC(=O)[C@H](N)CC(C)C)c1. The van der Waals surface area contributed by atoms with E-state index < -0.39 is 6.04 Å². The maximum absolute atomic E-state index is 12.0. The molecule has 0 saturated heterocycles. The van der Waals surface area contributed by atoms with Gasteiger partial charge in [-0.1, -0.05) is 26.0 Å². The zero-order chi connectivity index (χ0) is 15.7. The Bertz CT molecular complexity index is 435. The molecule has 5 nitrogen and oxygen atoms in total. The Morgan fingerprint density at radius 3 is 2.76 bits per heavy atom. The van der Waals surface area contributed by atoms with E-state index in [1.54, 1.807) is 7.11 Å². The van der Waals surface area contributed by atoms with Gasteiger partial charge in [0.05, 0.1) is 25.9 Å². The van der Waals surface area contributed by atoms with Crippen molar-refractivity contribution in [2.24, 2.45) is 11.7 Å². The number of nitrogens with one attached hydrogen (secondary N) is 1. The van der Waals surface area contributed by atoms with Crippen LogP contribution in [-0.2, 0) is 20.9 Å². The minimum absolute atomic E-state index is 0.152. The predicted molar refractivity (Wildman–Crippen MR) is 84.0 cm³/mol. The van der Waals surface area contributed by atoms with Gasteiger partial charge in [-0.25, -0.2) is 0 Å². The van der Waals surface area contributed by atoms with Crippen LogP contribution in [0.3, 0.4) is 0 Å². The molecular formula is C16H26N2O3. The molecule has 1 amide bonds. The van der Waals surface area contributed by atoms with Crippen LogP contribution in [0, 0.1) is 5.92 Å². The molecule has 0 heterocycles. The van der Waals surface area contributed by atoms with E-state index in [2.05, 4.69) is 5.32 Å². The Labute approximate surface area is 126 Å². The summed E-state index contributed by atoms with van der Waals surface area (Å²) in [6.07, 6.45) is 0.672. The molecule has 0 fully saturated rings. The molecule has 1 aromatic rings. The third-order valence-electron chi connectivity index (χ3n) is 2.96. The van der Waals surface area contributed by atoms with E-state index in [-0.39, 0.29) is 5.91 Å². The maximum atomic E-state index is 12.0. The molecule has 1 aromatic carbocycles. The van der Waals surface area contributed by atoms with Gasteiger partial charge >= 0.3 is 0 Å². The molecule has 0 aliphatic carbocycles. The molecule has 21 heavy (non-hydrogen) atoms. The summed E-state index contributed by atoms with van der Waals surface area (Å²) in [6, 6.07) is 7.10. The van der Waals surface area contributed by atoms with Crippen LogP contribution in [0.1, 0.15) is 25.8 Å². The van der Waals surface area contributed by atoms with Gasteiger partial charge in [0.25, 0.3) is 0 Å². The van der Waals surface area contributed by atoms with E-state index in [1.165, 1.54) is 0 Å². The summed E-state index contributed by atoms with van der Waals surface area (Å²) in [5.41, 5.74) is 7.61. The zero-order valence-electron chi connectivity index (χ0n) is 13.1. The predicted octanol–water partition coefficient (Wildman–Crippen LogP) is 2.16. The summed E-state index contributed by atoms with van der Waals surface area (Å²) < 4.78 is 10.4. The van der Waals surface area contributed by atoms with Crippen molar-refractivity contribution in [1.29, 1.82) is 0 Å². The lowest BCUT2D eigenvalue weighted by Crippen LogP contribution is -2.36. The molecule has 0 radical (unpaired) electrons. The number of nitrogens with two attached hydrogens (primary N) is 1. The number of anilines is 1. The quantitative estimate of drug-likeness (QED) is 0.685. The molecule has 0 aromatic heterocycles. The van der Waals surface area contributed by atoms with E-state index >= 15 is 0 Å². The number of amides is 1. The third-order valence-corrected chi connectivity index (χ3v) is 2.96. The highest BCUT2D eigenvalue weighted by Gasteiger charge is 2.15. The van der Waals surface area contributed by atoms with E-state index in [1.807, 2.05) is 38.1 Å². The number of methoxy groups -OCH3 is 1. The van der Waals surface area contributed by atoms with E-state index in [9.17, 15) is 4.79 Å². The van der Waals surface area contributed by atoms with Crippen LogP contribution in [0.25, 0.3) is 0 Å². The second kappa shape index (κ2) is 9.50. The van der Waals surface area contributed by atoms with Gasteiger partial charge in [-0.15, -0.1) is 0 Å². The lowest BCUT2D eigenvalue weighted by atomic mass is 10.0. The van der Waals surface area contributed by atoms with E-state index in [0.717, 1.165) is 11.3 Å². The number of hydrogen-bond acceptors (Lipinski definition) is 4. The van der Waals surface area contributed by atoms with Crippen LogP contribution in [0.4, 0.5) is 5.69 Å². The van der Waals surface area contributed by atoms with Crippen molar-refractivity contribution in [2.75, 3.05) is 25.6 Å². The maximum Gasteiger partial charge on any atom is 0.241 e. The van der Waals surface area contributed by atoms with Crippen LogP contribution in [0.2, 0.25) is 0 Å². The summed E-state index contributed by atoms with van der Waals surface area (Å²) in [5.74, 6) is 0.243. The summed E-state index contributed by atoms with van der Waals surface area (Å²) in [7, 11) is 1.64. The van der Waals surface area contributed by atoms with Crippen molar-refractivity contribution >= 4 is 11.6 Å². The fourth-order valence-electron chi connectivity index (χ4n) is 1.92. The first-order valence-electron chi connectivity index (χ1n) is 7.25. The average molecular weight is 294 g/mol. The highest BCUT2D eigenvalue weighted by molar-refractivity contribution is 5.94. The van der Waals surface area contributed by atoms with Crippen molar-refractivity contribution in [3.8, 4) is 0 Å². The summed E-state index contributed by atoms with van der Waals surface area (Å²) in [5, 5.41) is 2.84. The molecule has 0 aliphatic rings. The Morgan fingerprint density at radius 1 is 1.33 bits per heavy atom. The van der Waals surface area contributed by atoms with E-state index in [0.29, 0.717) is 32.2 Å². The van der Waals surface area contributed by atoms with Crippen LogP contribution >= 0.6 is 0 Å². The fraction of sp³-hybridized carbons (Fsp3) is 0.562. The second-order valence-corrected chi connectivity index (χ2v) is 5.47. The fourth-order valence-corrected chi connectivity index (χ4v) is 1.92. The normalized spacial score (nSPS) is 12.4. The summed E-state index contributed by atoms with van der Waals surface area (Å²) in [4.78, 5) is 12.0. The molecular weight excluding hydrogens is 268 g/mol. The number of hydrogen-bond donors (Lipinski definition) is 2. The van der Waals surface area contributed by atoms with Crippen LogP contribution in [0.5, 0.6) is 0 Å². The molecule has 0 spiro atoms. The summed E-state index contributed by atoms with van der Waals surface area (Å²) in [6.45, 7) is 5.70. The molecule has 1 atom stereocenters. The van der Waals surface area contributed by atoms with Gasteiger partial charge in [-0.2, -0.15) is 0 Å². The Balaban J connectivity index is 2.50. The molecule has 5 heteroatoms. The highest BCUT2D eigenvalue weighted by Crippen LogP contribution is 2.13. The van der Waals surface area contributed by atoms with Gasteiger partial charge in [0.15, 0.2) is 0 Å². The summed E-state index contributed by atoms with van der Waals surface area (Å²) >= 11 is 0. The topological polar surface area (TPSA) is 73.6 Å². The van der Waals surface area contributed by atoms with Crippen molar-refractivity contribution < 1.29 is 14.3 Å². The Hall–Kier alpha value is -1.43. The highest BCUT2D eigenvalue weighted by atomic mass is 16.5. The zero-order valence-corrected chi connectivity index (χ0v) is 13.1. The van der Waals surface area contributed by atoms with E-state index in [4.69, 9.17) is 15.2 Å². The minimum Gasteiger partial charge on any atom is -0.382 e. The standard InChI is InChI=1S/C16H26N2O3/c1-12(2)9-15(17)16(19)18-14-6-4-5-13(10-14)11-21-8-7-20-3/h4-6,10,12,15H,7-9,11,17H2,1-3H3,(H,18,19)/t15-/m1/s1. The lowest BCUT2D eigenvalue weighted by molar-refractivity contribution is -0.117. The Morgan fingerprint density at radius 2 is 2.10 bits per heavy atom. The molecule has 118 valence electrons. The molecule has 1 rings (SSSR count). The van der Waals surface area contributed by atoms with Gasteiger partial charge in [0, 0.05) is 12.8 Å². The number of carbonyl (C=O) groups is 1. The van der Waals surface area contributed by atoms with Crippen LogP contribution < -0.4 is 11.1 Å². The third kappa shape index (κ3) is 7.22. The smallest absolute Gasteiger partial charge is 0.241 e. The second-order valence-electron chi connectivity index (χ2n) is 5.47. The van der Waals surface area contributed by atoms with Crippen molar-refractivity contribution in [3.05, 3.63) is 29.8 Å². The van der Waals surface area contributed by atoms with Gasteiger partial charge in [-0.05, 0) is 30.0 Å². The van der Waals surface area contributed by atoms with Crippen LogP contribution in [0.15, 0.2) is 24.3 Å². The van der Waals surface area contributed by atoms with Gasteiger partial charge < -0.3 is 20.5 Å². The first kappa shape index (κ1) is 17.6. The molecule has 3 N–H and O–H groups in total. The lowest BCUT2D eigenvalue weighted by Gasteiger charge is -2.14. The molecule has 0 aliphatic heterocycles. The van der Waals surface area contributed by atoms with Crippen LogP contribution in [-0.4, -0.2) is 32.3 Å². The number of carbonyl (C=O) groups excluding carboxylic acids is 1. The molecule has 0 bridgehead atoms. The molecule has 0 saturated carbocycles. The molecule has 0 unspecified atom stereocenters. The first-order chi connectivity index (χ1) is 10.0. The first-order valence-corrected chi connectivity index (χ1v) is 7.25. The van der Waals surface area contributed by atoms with Crippen molar-refractivity contribution in [1.82, 2.24) is 0 Å². The van der Waals surface area contributed by atoms with Gasteiger partial charge in [0.1, 0.15) is 0 Å². The number of ether oxygens (including phenoxy) is 2. The minimum atomic E-state index is -0.480. The number of rotatable bonds is 9. The van der Waals surface area contributed by atoms with Crippen molar-refractivity contribution in [3.63, 3.8) is 0 Å². The largest absolute Gasteiger partial charge is 0.382 e. The number of benzene rings is 1. The van der Waals surface area contributed by atoms with Crippen molar-refractivity contribution in [2.45, 2.75) is 32.9 Å². The van der Waals surface area contributed by atoms with Gasteiger partial charge in [-0.3, -0.25) is 4.79 Å². The Kier molecular flexibility index (Phi) is 7.97. The van der Waals surface area contributed by atoms with Gasteiger partial charge in [0.2, 0.25) is 5.91 Å². The monoisotopic (exact) mass is 294 g/mol.